The van der Waals surface area contributed by atoms with Crippen molar-refractivity contribution in [2.45, 2.75) is 51.5 Å². The molecule has 1 aromatic heterocycles. The normalized spacial score (nSPS) is 15.5. The summed E-state index contributed by atoms with van der Waals surface area (Å²) >= 11 is 0. The van der Waals surface area contributed by atoms with Gasteiger partial charge in [0.05, 0.1) is 7.11 Å². The van der Waals surface area contributed by atoms with E-state index in [1.165, 1.54) is 26.4 Å². The van der Waals surface area contributed by atoms with Crippen LogP contribution < -0.4 is 15.4 Å². The third-order valence-corrected chi connectivity index (χ3v) is 3.64. The van der Waals surface area contributed by atoms with Crippen LogP contribution in [-0.4, -0.2) is 35.6 Å². The first-order valence-corrected chi connectivity index (χ1v) is 7.60. The minimum atomic E-state index is 0.104. The van der Waals surface area contributed by atoms with Crippen molar-refractivity contribution in [1.29, 1.82) is 0 Å². The highest BCUT2D eigenvalue weighted by Crippen LogP contribution is 2.17. The fraction of sp³-hybridized carbons (Fsp3) is 0.667. The molecule has 1 aromatic rings. The molecule has 1 aliphatic rings. The summed E-state index contributed by atoms with van der Waals surface area (Å²) in [6, 6.07) is 2.54. The largest absolute Gasteiger partial charge is 0.467 e. The van der Waals surface area contributed by atoms with Crippen molar-refractivity contribution in [1.82, 2.24) is 15.3 Å². The molecule has 116 valence electrons. The minimum Gasteiger partial charge on any atom is -0.467 e. The Balaban J connectivity index is 1.73. The third-order valence-electron chi connectivity index (χ3n) is 3.64. The number of amides is 1. The summed E-state index contributed by atoms with van der Waals surface area (Å²) in [6.07, 6.45) is 6.42. The number of rotatable bonds is 6. The van der Waals surface area contributed by atoms with E-state index in [0.717, 1.165) is 18.5 Å². The number of hydrogen-bond acceptors (Lipinski definition) is 5. The van der Waals surface area contributed by atoms with Gasteiger partial charge in [-0.05, 0) is 19.8 Å². The molecule has 0 aliphatic heterocycles. The first-order valence-electron chi connectivity index (χ1n) is 7.60. The summed E-state index contributed by atoms with van der Waals surface area (Å²) in [5, 5.41) is 6.24. The lowest BCUT2D eigenvalue weighted by Crippen LogP contribution is -2.36. The molecule has 0 saturated heterocycles. The van der Waals surface area contributed by atoms with Crippen molar-refractivity contribution in [2.24, 2.45) is 0 Å². The number of ether oxygens (including phenoxy) is 1. The van der Waals surface area contributed by atoms with Crippen LogP contribution in [0.4, 0.5) is 5.82 Å². The number of nitrogens with zero attached hydrogens (tertiary/aromatic N) is 2. The molecular weight excluding hydrogens is 268 g/mol. The molecule has 0 atom stereocenters. The van der Waals surface area contributed by atoms with Crippen molar-refractivity contribution in [3.63, 3.8) is 0 Å². The Kier molecular flexibility index (Phi) is 5.78. The molecule has 2 N–H and O–H groups in total. The van der Waals surface area contributed by atoms with Crippen molar-refractivity contribution >= 4 is 11.7 Å². The summed E-state index contributed by atoms with van der Waals surface area (Å²) in [5.41, 5.74) is 0.830. The topological polar surface area (TPSA) is 76.1 Å². The van der Waals surface area contributed by atoms with E-state index in [1.54, 1.807) is 0 Å². The second kappa shape index (κ2) is 7.81. The monoisotopic (exact) mass is 292 g/mol. The lowest BCUT2D eigenvalue weighted by atomic mass is 9.95. The number of methoxy groups -OCH3 is 1. The van der Waals surface area contributed by atoms with Gasteiger partial charge in [0.1, 0.15) is 5.82 Å². The molecule has 1 aliphatic carbocycles. The van der Waals surface area contributed by atoms with Crippen LogP contribution in [0.1, 0.15) is 44.2 Å². The van der Waals surface area contributed by atoms with Crippen LogP contribution in [0.3, 0.4) is 0 Å². The molecule has 1 heterocycles. The fourth-order valence-corrected chi connectivity index (χ4v) is 2.57. The van der Waals surface area contributed by atoms with E-state index in [9.17, 15) is 4.79 Å². The SMILES string of the molecule is COc1nc(C)cc(NCCC(=O)NC2CCCCC2)n1. The van der Waals surface area contributed by atoms with Gasteiger partial charge in [-0.15, -0.1) is 0 Å². The van der Waals surface area contributed by atoms with Crippen LogP contribution in [0, 0.1) is 6.92 Å². The van der Waals surface area contributed by atoms with E-state index < -0.39 is 0 Å². The molecule has 6 heteroatoms. The predicted octanol–water partition coefficient (Wildman–Crippen LogP) is 2.04. The van der Waals surface area contributed by atoms with Gasteiger partial charge in [-0.25, -0.2) is 4.98 Å². The van der Waals surface area contributed by atoms with Gasteiger partial charge < -0.3 is 15.4 Å². The molecule has 21 heavy (non-hydrogen) atoms. The van der Waals surface area contributed by atoms with Crippen LogP contribution in [0.5, 0.6) is 6.01 Å². The van der Waals surface area contributed by atoms with Crippen LogP contribution in [-0.2, 0) is 4.79 Å². The highest BCUT2D eigenvalue weighted by molar-refractivity contribution is 5.76. The van der Waals surface area contributed by atoms with Gasteiger partial charge in [0, 0.05) is 30.8 Å². The zero-order valence-electron chi connectivity index (χ0n) is 12.8. The van der Waals surface area contributed by atoms with E-state index in [1.807, 2.05) is 13.0 Å². The minimum absolute atomic E-state index is 0.104. The predicted molar refractivity (Wildman–Crippen MR) is 81.4 cm³/mol. The van der Waals surface area contributed by atoms with Crippen molar-refractivity contribution in [2.75, 3.05) is 19.0 Å². The van der Waals surface area contributed by atoms with Crippen LogP contribution >= 0.6 is 0 Å². The smallest absolute Gasteiger partial charge is 0.318 e. The molecule has 2 rings (SSSR count). The van der Waals surface area contributed by atoms with E-state index in [4.69, 9.17) is 4.74 Å². The van der Waals surface area contributed by atoms with Gasteiger partial charge in [0.25, 0.3) is 0 Å². The van der Waals surface area contributed by atoms with Crippen LogP contribution in [0.2, 0.25) is 0 Å². The number of aromatic nitrogens is 2. The number of hydrogen-bond donors (Lipinski definition) is 2. The summed E-state index contributed by atoms with van der Waals surface area (Å²) in [4.78, 5) is 20.2. The summed E-state index contributed by atoms with van der Waals surface area (Å²) < 4.78 is 5.02. The van der Waals surface area contributed by atoms with Gasteiger partial charge in [0.15, 0.2) is 0 Å². The maximum absolute atomic E-state index is 11.9. The highest BCUT2D eigenvalue weighted by atomic mass is 16.5. The van der Waals surface area contributed by atoms with E-state index in [2.05, 4.69) is 20.6 Å². The van der Waals surface area contributed by atoms with E-state index in [-0.39, 0.29) is 5.91 Å². The van der Waals surface area contributed by atoms with E-state index in [0.29, 0.717) is 30.8 Å². The number of anilines is 1. The molecule has 1 fully saturated rings. The number of nitrogens with one attached hydrogen (secondary N) is 2. The first kappa shape index (κ1) is 15.5. The molecule has 1 saturated carbocycles. The Hall–Kier alpha value is -1.85. The quantitative estimate of drug-likeness (QED) is 0.839. The van der Waals surface area contributed by atoms with Gasteiger partial charge in [0.2, 0.25) is 5.91 Å². The average Bonchev–Trinajstić information content (AvgIpc) is 2.47. The van der Waals surface area contributed by atoms with Crippen molar-refractivity contribution < 1.29 is 9.53 Å². The fourth-order valence-electron chi connectivity index (χ4n) is 2.57. The number of carbonyl (C=O) groups excluding carboxylic acids is 1. The Morgan fingerprint density at radius 3 is 2.81 bits per heavy atom. The lowest BCUT2D eigenvalue weighted by Gasteiger charge is -2.22. The zero-order valence-corrected chi connectivity index (χ0v) is 12.8. The standard InChI is InChI=1S/C15H24N4O2/c1-11-10-13(19-15(17-11)21-2)16-9-8-14(20)18-12-6-4-3-5-7-12/h10,12H,3-9H2,1-2H3,(H,18,20)(H,16,17,19). The molecule has 1 amide bonds. The van der Waals surface area contributed by atoms with Crippen LogP contribution in [0.25, 0.3) is 0 Å². The molecule has 6 nitrogen and oxygen atoms in total. The van der Waals surface area contributed by atoms with Gasteiger partial charge >= 0.3 is 6.01 Å². The van der Waals surface area contributed by atoms with Gasteiger partial charge in [-0.3, -0.25) is 4.79 Å². The molecule has 0 bridgehead atoms. The molecule has 0 radical (unpaired) electrons. The van der Waals surface area contributed by atoms with Crippen molar-refractivity contribution in [3.8, 4) is 6.01 Å². The van der Waals surface area contributed by atoms with Gasteiger partial charge in [-0.2, -0.15) is 4.98 Å². The van der Waals surface area contributed by atoms with Gasteiger partial charge in [-0.1, -0.05) is 19.3 Å². The maximum Gasteiger partial charge on any atom is 0.318 e. The maximum atomic E-state index is 11.9. The second-order valence-corrected chi connectivity index (χ2v) is 5.46. The molecular formula is C15H24N4O2. The Bertz CT molecular complexity index is 473. The van der Waals surface area contributed by atoms with E-state index >= 15 is 0 Å². The molecule has 0 unspecified atom stereocenters. The summed E-state index contributed by atoms with van der Waals surface area (Å²) in [7, 11) is 1.54. The molecule has 0 spiro atoms. The number of aryl methyl sites for hydroxylation is 1. The first-order chi connectivity index (χ1) is 10.2. The Morgan fingerprint density at radius 1 is 1.33 bits per heavy atom. The Labute approximate surface area is 125 Å². The summed E-state index contributed by atoms with van der Waals surface area (Å²) in [6.45, 7) is 2.43. The van der Waals surface area contributed by atoms with Crippen molar-refractivity contribution in [3.05, 3.63) is 11.8 Å². The Morgan fingerprint density at radius 2 is 2.10 bits per heavy atom. The summed E-state index contributed by atoms with van der Waals surface area (Å²) in [5.74, 6) is 0.789. The average molecular weight is 292 g/mol. The lowest BCUT2D eigenvalue weighted by molar-refractivity contribution is -0.121. The van der Waals surface area contributed by atoms with Crippen LogP contribution in [0.15, 0.2) is 6.07 Å². The second-order valence-electron chi connectivity index (χ2n) is 5.46. The highest BCUT2D eigenvalue weighted by Gasteiger charge is 2.15. The molecule has 0 aromatic carbocycles. The number of carbonyl (C=O) groups is 1. The third kappa shape index (κ3) is 5.21. The zero-order chi connectivity index (χ0) is 15.1.